The van der Waals surface area contributed by atoms with E-state index in [1.54, 1.807) is 19.9 Å². The topological polar surface area (TPSA) is 82.2 Å². The molecule has 0 spiro atoms. The maximum atomic E-state index is 12.0. The number of benzene rings is 1. The number of aromatic carboxylic acids is 1. The Morgan fingerprint density at radius 1 is 1.19 bits per heavy atom. The molecule has 0 aliphatic carbocycles. The van der Waals surface area contributed by atoms with Gasteiger partial charge in [-0.05, 0) is 43.2 Å². The molecule has 0 fully saturated rings. The van der Waals surface area contributed by atoms with E-state index in [9.17, 15) is 9.59 Å². The summed E-state index contributed by atoms with van der Waals surface area (Å²) in [5, 5.41) is 12.2. The number of carbonyl (C=O) groups is 2. The lowest BCUT2D eigenvalue weighted by Crippen LogP contribution is -2.13. The molecular weight excluding hydrogens is 315 g/mol. The Kier molecular flexibility index (Phi) is 4.25. The molecule has 1 heterocycles. The number of halogens is 2. The number of carboxylic acids is 1. The molecule has 0 radical (unpaired) electrons. The van der Waals surface area contributed by atoms with E-state index >= 15 is 0 Å². The molecule has 7 heteroatoms. The molecule has 110 valence electrons. The number of aryl methyl sites for hydroxylation is 1. The number of aromatic amines is 1. The molecule has 1 aromatic carbocycles. The Balaban J connectivity index is 2.31. The van der Waals surface area contributed by atoms with Crippen molar-refractivity contribution in [2.75, 3.05) is 5.32 Å². The summed E-state index contributed by atoms with van der Waals surface area (Å²) in [6.45, 7) is 3.49. The minimum absolute atomic E-state index is 0.146. The highest BCUT2D eigenvalue weighted by Crippen LogP contribution is 2.24. The predicted molar refractivity (Wildman–Crippen MR) is 81.6 cm³/mol. The van der Waals surface area contributed by atoms with Crippen molar-refractivity contribution in [2.45, 2.75) is 13.8 Å². The van der Waals surface area contributed by atoms with Crippen molar-refractivity contribution >= 4 is 40.8 Å². The fourth-order valence-electron chi connectivity index (χ4n) is 1.88. The standard InChI is InChI=1S/C14H12Cl2N2O3/c1-6-3-8(4-9(7(6)2)14(20)21)17-13(19)11-5-10(15)12(16)18-11/h3-5,18H,1-2H3,(H,17,19)(H,20,21). The monoisotopic (exact) mass is 326 g/mol. The van der Waals surface area contributed by atoms with Crippen LogP contribution in [0.3, 0.4) is 0 Å². The van der Waals surface area contributed by atoms with E-state index in [4.69, 9.17) is 28.3 Å². The van der Waals surface area contributed by atoms with Gasteiger partial charge in [0.1, 0.15) is 10.8 Å². The molecule has 2 rings (SSSR count). The number of carbonyl (C=O) groups excluding carboxylic acids is 1. The molecule has 3 N–H and O–H groups in total. The molecular formula is C14H12Cl2N2O3. The highest BCUT2D eigenvalue weighted by atomic mass is 35.5. The van der Waals surface area contributed by atoms with Crippen molar-refractivity contribution in [2.24, 2.45) is 0 Å². The molecule has 0 bridgehead atoms. The van der Waals surface area contributed by atoms with Gasteiger partial charge >= 0.3 is 5.97 Å². The van der Waals surface area contributed by atoms with Crippen LogP contribution in [0.4, 0.5) is 5.69 Å². The molecule has 2 aromatic rings. The first-order valence-corrected chi connectivity index (χ1v) is 6.75. The summed E-state index contributed by atoms with van der Waals surface area (Å²) in [6.07, 6.45) is 0. The first-order chi connectivity index (χ1) is 9.79. The van der Waals surface area contributed by atoms with Crippen molar-refractivity contribution < 1.29 is 14.7 Å². The van der Waals surface area contributed by atoms with Gasteiger partial charge in [-0.3, -0.25) is 4.79 Å². The molecule has 0 atom stereocenters. The van der Waals surface area contributed by atoms with E-state index in [0.717, 1.165) is 5.56 Å². The fourth-order valence-corrected chi connectivity index (χ4v) is 2.19. The summed E-state index contributed by atoms with van der Waals surface area (Å²) >= 11 is 11.5. The maximum absolute atomic E-state index is 12.0. The van der Waals surface area contributed by atoms with Crippen LogP contribution >= 0.6 is 23.2 Å². The second-order valence-corrected chi connectivity index (χ2v) is 5.36. The van der Waals surface area contributed by atoms with Gasteiger partial charge < -0.3 is 15.4 Å². The largest absolute Gasteiger partial charge is 0.478 e. The second kappa shape index (κ2) is 5.79. The van der Waals surface area contributed by atoms with E-state index in [0.29, 0.717) is 11.3 Å². The Morgan fingerprint density at radius 2 is 1.86 bits per heavy atom. The minimum atomic E-state index is -1.04. The first-order valence-electron chi connectivity index (χ1n) is 5.99. The molecule has 0 saturated heterocycles. The van der Waals surface area contributed by atoms with Crippen LogP contribution in [0.1, 0.15) is 32.0 Å². The molecule has 0 unspecified atom stereocenters. The Morgan fingerprint density at radius 3 is 2.38 bits per heavy atom. The van der Waals surface area contributed by atoms with Crippen LogP contribution in [0, 0.1) is 13.8 Å². The van der Waals surface area contributed by atoms with Crippen LogP contribution in [-0.2, 0) is 0 Å². The summed E-state index contributed by atoms with van der Waals surface area (Å²) in [5.41, 5.74) is 2.16. The molecule has 0 saturated carbocycles. The van der Waals surface area contributed by atoms with E-state index in [2.05, 4.69) is 10.3 Å². The molecule has 21 heavy (non-hydrogen) atoms. The van der Waals surface area contributed by atoms with Crippen molar-refractivity contribution in [1.82, 2.24) is 4.98 Å². The van der Waals surface area contributed by atoms with Gasteiger partial charge in [0.15, 0.2) is 0 Å². The van der Waals surface area contributed by atoms with E-state index in [-0.39, 0.29) is 21.4 Å². The summed E-state index contributed by atoms with van der Waals surface area (Å²) < 4.78 is 0. The van der Waals surface area contributed by atoms with E-state index in [1.165, 1.54) is 12.1 Å². The number of H-pyrrole nitrogens is 1. The predicted octanol–water partition coefficient (Wildman–Crippen LogP) is 3.89. The number of amides is 1. The zero-order valence-electron chi connectivity index (χ0n) is 11.3. The van der Waals surface area contributed by atoms with Gasteiger partial charge in [0.2, 0.25) is 0 Å². The lowest BCUT2D eigenvalue weighted by Gasteiger charge is -2.10. The van der Waals surface area contributed by atoms with Crippen molar-refractivity contribution in [3.63, 3.8) is 0 Å². The van der Waals surface area contributed by atoms with Crippen molar-refractivity contribution in [3.8, 4) is 0 Å². The zero-order valence-corrected chi connectivity index (χ0v) is 12.8. The van der Waals surface area contributed by atoms with Gasteiger partial charge in [0.25, 0.3) is 5.91 Å². The molecule has 0 aliphatic heterocycles. The number of aromatic nitrogens is 1. The van der Waals surface area contributed by atoms with Crippen LogP contribution in [0.25, 0.3) is 0 Å². The van der Waals surface area contributed by atoms with Gasteiger partial charge in [-0.25, -0.2) is 4.79 Å². The molecule has 5 nitrogen and oxygen atoms in total. The third-order valence-corrected chi connectivity index (χ3v) is 3.82. The van der Waals surface area contributed by atoms with Gasteiger partial charge in [-0.1, -0.05) is 23.2 Å². The fraction of sp³-hybridized carbons (Fsp3) is 0.143. The van der Waals surface area contributed by atoms with Gasteiger partial charge in [0.05, 0.1) is 10.6 Å². The van der Waals surface area contributed by atoms with Crippen molar-refractivity contribution in [1.29, 1.82) is 0 Å². The number of hydrogen-bond acceptors (Lipinski definition) is 2. The molecule has 1 aromatic heterocycles. The Bertz CT molecular complexity index is 719. The number of nitrogens with one attached hydrogen (secondary N) is 2. The Labute approximate surface area is 130 Å². The number of rotatable bonds is 3. The number of carboxylic acid groups (broad SMARTS) is 1. The Hall–Kier alpha value is -1.98. The quantitative estimate of drug-likeness (QED) is 0.800. The van der Waals surface area contributed by atoms with Gasteiger partial charge in [0, 0.05) is 5.69 Å². The normalized spacial score (nSPS) is 10.5. The smallest absolute Gasteiger partial charge is 0.336 e. The SMILES string of the molecule is Cc1cc(NC(=O)c2cc(Cl)c(Cl)[nH]2)cc(C(=O)O)c1C. The van der Waals surface area contributed by atoms with E-state index in [1.807, 2.05) is 0 Å². The average Bonchev–Trinajstić information content (AvgIpc) is 2.73. The van der Waals surface area contributed by atoms with Crippen LogP contribution in [0.2, 0.25) is 10.2 Å². The van der Waals surface area contributed by atoms with Gasteiger partial charge in [-0.2, -0.15) is 0 Å². The summed E-state index contributed by atoms with van der Waals surface area (Å²) in [4.78, 5) is 25.9. The first kappa shape index (κ1) is 15.4. The zero-order chi connectivity index (χ0) is 15.7. The summed E-state index contributed by atoms with van der Waals surface area (Å²) in [6, 6.07) is 4.51. The lowest BCUT2D eigenvalue weighted by atomic mass is 10.0. The third-order valence-electron chi connectivity index (χ3n) is 3.13. The van der Waals surface area contributed by atoms with Crippen LogP contribution in [0.15, 0.2) is 18.2 Å². The van der Waals surface area contributed by atoms with Crippen LogP contribution in [0.5, 0.6) is 0 Å². The van der Waals surface area contributed by atoms with Gasteiger partial charge in [-0.15, -0.1) is 0 Å². The minimum Gasteiger partial charge on any atom is -0.478 e. The number of hydrogen-bond donors (Lipinski definition) is 3. The highest BCUT2D eigenvalue weighted by molar-refractivity contribution is 6.41. The third kappa shape index (κ3) is 3.20. The van der Waals surface area contributed by atoms with Crippen molar-refractivity contribution in [3.05, 3.63) is 50.8 Å². The highest BCUT2D eigenvalue weighted by Gasteiger charge is 2.15. The summed E-state index contributed by atoms with van der Waals surface area (Å²) in [7, 11) is 0. The second-order valence-electron chi connectivity index (χ2n) is 4.57. The molecule has 0 aliphatic rings. The summed E-state index contributed by atoms with van der Waals surface area (Å²) in [5.74, 6) is -1.50. The number of anilines is 1. The average molecular weight is 327 g/mol. The molecule has 1 amide bonds. The van der Waals surface area contributed by atoms with E-state index < -0.39 is 11.9 Å². The van der Waals surface area contributed by atoms with Crippen LogP contribution < -0.4 is 5.32 Å². The lowest BCUT2D eigenvalue weighted by molar-refractivity contribution is 0.0695. The maximum Gasteiger partial charge on any atom is 0.336 e. The van der Waals surface area contributed by atoms with Crippen LogP contribution in [-0.4, -0.2) is 22.0 Å².